The van der Waals surface area contributed by atoms with E-state index in [0.29, 0.717) is 12.1 Å². The monoisotopic (exact) mass is 248 g/mol. The highest BCUT2D eigenvalue weighted by Crippen LogP contribution is 2.30. The van der Waals surface area contributed by atoms with Gasteiger partial charge in [-0.25, -0.2) is 4.98 Å². The molecule has 0 spiro atoms. The Hall–Kier alpha value is -0.870. The Morgan fingerprint density at radius 1 is 1.28 bits per heavy atom. The van der Waals surface area contributed by atoms with Crippen molar-refractivity contribution >= 4 is 0 Å². The fraction of sp³-hybridized carbons (Fsp3) is 0.786. The molecule has 4 nitrogen and oxygen atoms in total. The summed E-state index contributed by atoms with van der Waals surface area (Å²) in [6, 6.07) is 1.25. The Morgan fingerprint density at radius 2 is 2.28 bits per heavy atom. The Morgan fingerprint density at radius 3 is 3.06 bits per heavy atom. The molecule has 2 aliphatic rings. The summed E-state index contributed by atoms with van der Waals surface area (Å²) in [6.07, 6.45) is 12.6. The highest BCUT2D eigenvalue weighted by atomic mass is 15.1. The summed E-state index contributed by atoms with van der Waals surface area (Å²) >= 11 is 0. The van der Waals surface area contributed by atoms with E-state index in [1.54, 1.807) is 0 Å². The second-order valence-corrected chi connectivity index (χ2v) is 5.74. The third kappa shape index (κ3) is 2.75. The minimum atomic E-state index is 0.615. The highest BCUT2D eigenvalue weighted by molar-refractivity contribution is 4.92. The minimum absolute atomic E-state index is 0.615. The molecule has 100 valence electrons. The summed E-state index contributed by atoms with van der Waals surface area (Å²) in [5.74, 6) is 0.822. The van der Waals surface area contributed by atoms with Gasteiger partial charge in [-0.2, -0.15) is 0 Å². The first kappa shape index (κ1) is 12.2. The van der Waals surface area contributed by atoms with Crippen LogP contribution in [-0.2, 0) is 0 Å². The molecule has 3 rings (SSSR count). The van der Waals surface area contributed by atoms with E-state index < -0.39 is 0 Å². The molecule has 0 amide bonds. The molecule has 0 aromatic carbocycles. The van der Waals surface area contributed by atoms with Crippen LogP contribution in [0.5, 0.6) is 0 Å². The van der Waals surface area contributed by atoms with E-state index in [4.69, 9.17) is 0 Å². The molecule has 1 aliphatic carbocycles. The van der Waals surface area contributed by atoms with E-state index in [9.17, 15) is 0 Å². The molecule has 3 unspecified atom stereocenters. The molecule has 1 aliphatic heterocycles. The fourth-order valence-corrected chi connectivity index (χ4v) is 3.42. The number of nitrogens with zero attached hydrogens (tertiary/aromatic N) is 2. The zero-order valence-electron chi connectivity index (χ0n) is 11.0. The van der Waals surface area contributed by atoms with Crippen molar-refractivity contribution in [1.82, 2.24) is 20.2 Å². The average Bonchev–Trinajstić information content (AvgIpc) is 3.08. The molecule has 0 radical (unpaired) electrons. The molecule has 18 heavy (non-hydrogen) atoms. The summed E-state index contributed by atoms with van der Waals surface area (Å²) in [4.78, 5) is 4.18. The lowest BCUT2D eigenvalue weighted by molar-refractivity contribution is 0.318. The van der Waals surface area contributed by atoms with Crippen LogP contribution in [-0.4, -0.2) is 35.2 Å². The van der Waals surface area contributed by atoms with Gasteiger partial charge in [0, 0.05) is 24.5 Å². The molecule has 1 aromatic rings. The van der Waals surface area contributed by atoms with Crippen LogP contribution in [0, 0.1) is 5.92 Å². The first-order valence-electron chi connectivity index (χ1n) is 7.35. The minimum Gasteiger partial charge on any atom is -0.333 e. The maximum Gasteiger partial charge on any atom is 0.0949 e. The smallest absolute Gasteiger partial charge is 0.0949 e. The van der Waals surface area contributed by atoms with Gasteiger partial charge in [0.1, 0.15) is 0 Å². The van der Waals surface area contributed by atoms with Crippen molar-refractivity contribution in [3.63, 3.8) is 0 Å². The summed E-state index contributed by atoms with van der Waals surface area (Å²) in [7, 11) is 0. The predicted octanol–water partition coefficient (Wildman–Crippen LogP) is 1.57. The van der Waals surface area contributed by atoms with Crippen LogP contribution in [0.3, 0.4) is 0 Å². The zero-order valence-corrected chi connectivity index (χ0v) is 11.0. The van der Waals surface area contributed by atoms with Crippen molar-refractivity contribution in [3.05, 3.63) is 18.7 Å². The van der Waals surface area contributed by atoms with Crippen molar-refractivity contribution in [2.45, 2.75) is 44.2 Å². The summed E-state index contributed by atoms with van der Waals surface area (Å²) in [6.45, 7) is 3.57. The molecule has 2 fully saturated rings. The summed E-state index contributed by atoms with van der Waals surface area (Å²) < 4.78 is 2.28. The maximum atomic E-state index is 4.18. The van der Waals surface area contributed by atoms with Gasteiger partial charge >= 0.3 is 0 Å². The molecule has 0 bridgehead atoms. The van der Waals surface area contributed by atoms with Gasteiger partial charge < -0.3 is 15.2 Å². The number of piperidine rings is 1. The normalized spacial score (nSPS) is 32.8. The van der Waals surface area contributed by atoms with Crippen LogP contribution < -0.4 is 10.6 Å². The number of hydrogen-bond donors (Lipinski definition) is 2. The van der Waals surface area contributed by atoms with Gasteiger partial charge in [-0.1, -0.05) is 0 Å². The van der Waals surface area contributed by atoms with E-state index in [-0.39, 0.29) is 0 Å². The quantitative estimate of drug-likeness (QED) is 0.850. The topological polar surface area (TPSA) is 41.9 Å². The van der Waals surface area contributed by atoms with Crippen molar-refractivity contribution < 1.29 is 0 Å². The third-order valence-corrected chi connectivity index (χ3v) is 4.45. The standard InChI is InChI=1S/C14H24N4/c1-4-13(14(5-1)18-8-7-16-11-18)17-10-12-3-2-6-15-9-12/h7-8,11-15,17H,1-6,9-10H2. The molecule has 2 heterocycles. The van der Waals surface area contributed by atoms with Crippen LogP contribution in [0.2, 0.25) is 0 Å². The Labute approximate surface area is 109 Å². The first-order chi connectivity index (χ1) is 8.93. The molecule has 4 heteroatoms. The van der Waals surface area contributed by atoms with E-state index in [0.717, 1.165) is 5.92 Å². The molecule has 1 aromatic heterocycles. The molecule has 2 N–H and O–H groups in total. The number of nitrogens with one attached hydrogen (secondary N) is 2. The lowest BCUT2D eigenvalue weighted by Crippen LogP contribution is -2.41. The van der Waals surface area contributed by atoms with Crippen molar-refractivity contribution in [2.75, 3.05) is 19.6 Å². The predicted molar refractivity (Wildman–Crippen MR) is 72.5 cm³/mol. The van der Waals surface area contributed by atoms with Gasteiger partial charge in [0.2, 0.25) is 0 Å². The van der Waals surface area contributed by atoms with Gasteiger partial charge in [0.15, 0.2) is 0 Å². The fourth-order valence-electron chi connectivity index (χ4n) is 3.42. The van der Waals surface area contributed by atoms with Crippen LogP contribution >= 0.6 is 0 Å². The SMILES string of the molecule is c1cn(C2CCCC2NCC2CCCNC2)cn1. The maximum absolute atomic E-state index is 4.18. The molecule has 3 atom stereocenters. The van der Waals surface area contributed by atoms with Gasteiger partial charge in [0.05, 0.1) is 6.33 Å². The second kappa shape index (κ2) is 5.85. The first-order valence-corrected chi connectivity index (χ1v) is 7.35. The number of hydrogen-bond acceptors (Lipinski definition) is 3. The molecular weight excluding hydrogens is 224 g/mol. The largest absolute Gasteiger partial charge is 0.333 e. The van der Waals surface area contributed by atoms with Crippen LogP contribution in [0.25, 0.3) is 0 Å². The third-order valence-electron chi connectivity index (χ3n) is 4.45. The highest BCUT2D eigenvalue weighted by Gasteiger charge is 2.28. The van der Waals surface area contributed by atoms with E-state index >= 15 is 0 Å². The lowest BCUT2D eigenvalue weighted by atomic mass is 9.99. The van der Waals surface area contributed by atoms with Crippen molar-refractivity contribution in [3.8, 4) is 0 Å². The summed E-state index contributed by atoms with van der Waals surface area (Å²) in [5, 5.41) is 7.29. The lowest BCUT2D eigenvalue weighted by Gasteiger charge is -2.27. The van der Waals surface area contributed by atoms with Crippen LogP contribution in [0.15, 0.2) is 18.7 Å². The van der Waals surface area contributed by atoms with Crippen molar-refractivity contribution in [1.29, 1.82) is 0 Å². The van der Waals surface area contributed by atoms with Gasteiger partial charge in [-0.15, -0.1) is 0 Å². The Kier molecular flexibility index (Phi) is 3.96. The summed E-state index contributed by atoms with van der Waals surface area (Å²) in [5.41, 5.74) is 0. The zero-order chi connectivity index (χ0) is 12.2. The Balaban J connectivity index is 1.52. The molecule has 1 saturated heterocycles. The molecule has 1 saturated carbocycles. The molecular formula is C14H24N4. The average molecular weight is 248 g/mol. The van der Waals surface area contributed by atoms with Crippen LogP contribution in [0.4, 0.5) is 0 Å². The van der Waals surface area contributed by atoms with Gasteiger partial charge in [-0.3, -0.25) is 0 Å². The van der Waals surface area contributed by atoms with E-state index in [2.05, 4.69) is 26.4 Å². The number of imidazole rings is 1. The van der Waals surface area contributed by atoms with Crippen molar-refractivity contribution in [2.24, 2.45) is 5.92 Å². The van der Waals surface area contributed by atoms with Gasteiger partial charge in [0.25, 0.3) is 0 Å². The second-order valence-electron chi connectivity index (χ2n) is 5.74. The van der Waals surface area contributed by atoms with E-state index in [1.165, 1.54) is 51.7 Å². The number of rotatable bonds is 4. The number of aromatic nitrogens is 2. The van der Waals surface area contributed by atoms with Gasteiger partial charge in [-0.05, 0) is 57.7 Å². The van der Waals surface area contributed by atoms with E-state index in [1.807, 2.05) is 12.5 Å². The van der Waals surface area contributed by atoms with Crippen LogP contribution in [0.1, 0.15) is 38.1 Å². The Bertz CT molecular complexity index is 343.